The molecule has 12 nitrogen and oxygen atoms in total. The Morgan fingerprint density at radius 1 is 0.930 bits per heavy atom. The van der Waals surface area contributed by atoms with Crippen molar-refractivity contribution in [1.82, 2.24) is 9.80 Å². The third-order valence-corrected chi connectivity index (χ3v) is 7.59. The molecule has 2 aromatic carbocycles. The van der Waals surface area contributed by atoms with E-state index < -0.39 is 42.0 Å². The Hall–Kier alpha value is -3.62. The summed E-state index contributed by atoms with van der Waals surface area (Å²) in [4.78, 5) is 35.2. The van der Waals surface area contributed by atoms with Crippen molar-refractivity contribution in [2.45, 2.75) is 50.0 Å². The fourth-order valence-corrected chi connectivity index (χ4v) is 5.22. The van der Waals surface area contributed by atoms with E-state index in [0.717, 1.165) is 58.2 Å². The Morgan fingerprint density at radius 3 is 2.05 bits per heavy atom. The maximum atomic E-state index is 14.2. The van der Waals surface area contributed by atoms with Gasteiger partial charge in [0.15, 0.2) is 5.60 Å². The number of methoxy groups -OCH3 is 1. The van der Waals surface area contributed by atoms with Gasteiger partial charge in [-0.2, -0.15) is 0 Å². The summed E-state index contributed by atoms with van der Waals surface area (Å²) in [6, 6.07) is 13.0. The van der Waals surface area contributed by atoms with Crippen molar-refractivity contribution in [3.8, 4) is 5.75 Å². The second-order valence-corrected chi connectivity index (χ2v) is 10.8. The molecule has 0 amide bonds. The average molecular weight is 607 g/mol. The zero-order chi connectivity index (χ0) is 31.6. The van der Waals surface area contributed by atoms with Gasteiger partial charge in [-0.05, 0) is 36.6 Å². The number of benzene rings is 2. The number of hydrogen-bond donors (Lipinski definition) is 5. The number of carboxylic acid groups (broad SMARTS) is 3. The van der Waals surface area contributed by atoms with E-state index in [1.165, 1.54) is 17.2 Å². The minimum atomic E-state index is -2.74. The molecule has 0 aliphatic carbocycles. The van der Waals surface area contributed by atoms with Crippen molar-refractivity contribution < 1.29 is 53.8 Å². The summed E-state index contributed by atoms with van der Waals surface area (Å²) in [5.74, 6) is -4.43. The number of aliphatic carboxylic acids is 3. The van der Waals surface area contributed by atoms with E-state index in [9.17, 15) is 23.9 Å². The monoisotopic (exact) mass is 606 g/mol. The third kappa shape index (κ3) is 9.70. The first kappa shape index (κ1) is 33.9. The highest BCUT2D eigenvalue weighted by Crippen LogP contribution is 2.35. The van der Waals surface area contributed by atoms with E-state index in [4.69, 9.17) is 29.9 Å². The SMILES string of the molecule is COc1ccc(CN2CCC(O)(c3ccccc3F)CC2)cc1CN1CCOCC1.O=C(O)CC(O)(CC(=O)O)C(=O)O. The minimum absolute atomic E-state index is 0.323. The molecule has 0 bridgehead atoms. The van der Waals surface area contributed by atoms with Crippen molar-refractivity contribution in [1.29, 1.82) is 0 Å². The van der Waals surface area contributed by atoms with E-state index in [2.05, 4.69) is 21.9 Å². The number of likely N-dealkylation sites (tertiary alicyclic amines) is 1. The van der Waals surface area contributed by atoms with Gasteiger partial charge in [-0.1, -0.05) is 24.3 Å². The van der Waals surface area contributed by atoms with Gasteiger partial charge in [-0.15, -0.1) is 0 Å². The fourth-order valence-electron chi connectivity index (χ4n) is 5.22. The van der Waals surface area contributed by atoms with Crippen molar-refractivity contribution in [2.24, 2.45) is 0 Å². The number of carbonyl (C=O) groups is 3. The van der Waals surface area contributed by atoms with Gasteiger partial charge >= 0.3 is 17.9 Å². The quantitative estimate of drug-likeness (QED) is 0.251. The maximum Gasteiger partial charge on any atom is 0.336 e. The maximum absolute atomic E-state index is 14.2. The molecule has 236 valence electrons. The lowest BCUT2D eigenvalue weighted by molar-refractivity contribution is -0.170. The summed E-state index contributed by atoms with van der Waals surface area (Å²) in [6.45, 7) is 6.57. The van der Waals surface area contributed by atoms with Crippen LogP contribution < -0.4 is 4.74 Å². The van der Waals surface area contributed by atoms with Crippen LogP contribution in [0.5, 0.6) is 5.75 Å². The Labute approximate surface area is 248 Å². The van der Waals surface area contributed by atoms with Gasteiger partial charge in [0, 0.05) is 50.4 Å². The van der Waals surface area contributed by atoms with E-state index in [0.29, 0.717) is 18.4 Å². The van der Waals surface area contributed by atoms with Gasteiger partial charge in [0.25, 0.3) is 0 Å². The van der Waals surface area contributed by atoms with Crippen LogP contribution in [0.4, 0.5) is 4.39 Å². The predicted molar refractivity (Wildman–Crippen MR) is 151 cm³/mol. The number of piperidine rings is 1. The molecule has 0 spiro atoms. The molecule has 2 saturated heterocycles. The second kappa shape index (κ2) is 15.2. The molecule has 0 radical (unpaired) electrons. The Bertz CT molecular complexity index is 1240. The van der Waals surface area contributed by atoms with Crippen LogP contribution in [-0.2, 0) is 37.8 Å². The summed E-state index contributed by atoms with van der Waals surface area (Å²) < 4.78 is 25.2. The first-order valence-electron chi connectivity index (χ1n) is 13.9. The van der Waals surface area contributed by atoms with Crippen LogP contribution in [0.15, 0.2) is 42.5 Å². The Balaban J connectivity index is 0.000000331. The Morgan fingerprint density at radius 2 is 1.51 bits per heavy atom. The number of rotatable bonds is 11. The van der Waals surface area contributed by atoms with Crippen molar-refractivity contribution in [2.75, 3.05) is 46.5 Å². The molecule has 43 heavy (non-hydrogen) atoms. The van der Waals surface area contributed by atoms with E-state index in [-0.39, 0.29) is 5.82 Å². The lowest BCUT2D eigenvalue weighted by Crippen LogP contribution is -2.42. The molecule has 2 heterocycles. The van der Waals surface area contributed by atoms with Gasteiger partial charge < -0.3 is 35.0 Å². The van der Waals surface area contributed by atoms with Crippen molar-refractivity contribution in [3.05, 3.63) is 65.0 Å². The molecule has 2 aliphatic heterocycles. The predicted octanol–water partition coefficient (Wildman–Crippen LogP) is 1.90. The van der Waals surface area contributed by atoms with E-state index in [1.807, 2.05) is 6.07 Å². The highest BCUT2D eigenvalue weighted by Gasteiger charge is 2.41. The number of nitrogens with zero attached hydrogens (tertiary/aromatic N) is 2. The number of ether oxygens (including phenoxy) is 2. The number of morpholine rings is 1. The van der Waals surface area contributed by atoms with Crippen LogP contribution in [0.1, 0.15) is 42.4 Å². The number of hydrogen-bond acceptors (Lipinski definition) is 9. The van der Waals surface area contributed by atoms with Crippen LogP contribution in [0.3, 0.4) is 0 Å². The van der Waals surface area contributed by atoms with Crippen LogP contribution in [0, 0.1) is 5.82 Å². The molecule has 4 rings (SSSR count). The van der Waals surface area contributed by atoms with E-state index in [1.54, 1.807) is 25.3 Å². The fraction of sp³-hybridized carbons (Fsp3) is 0.500. The molecule has 0 unspecified atom stereocenters. The zero-order valence-electron chi connectivity index (χ0n) is 24.1. The molecule has 5 N–H and O–H groups in total. The van der Waals surface area contributed by atoms with Crippen LogP contribution in [-0.4, -0.2) is 105 Å². The molecule has 0 aromatic heterocycles. The molecule has 2 aliphatic rings. The smallest absolute Gasteiger partial charge is 0.336 e. The minimum Gasteiger partial charge on any atom is -0.496 e. The van der Waals surface area contributed by atoms with Crippen molar-refractivity contribution in [3.63, 3.8) is 0 Å². The van der Waals surface area contributed by atoms with Crippen LogP contribution in [0.2, 0.25) is 0 Å². The second-order valence-electron chi connectivity index (χ2n) is 10.8. The summed E-state index contributed by atoms with van der Waals surface area (Å²) in [5, 5.41) is 44.8. The molecule has 2 fully saturated rings. The van der Waals surface area contributed by atoms with Gasteiger partial charge in [-0.3, -0.25) is 19.4 Å². The summed E-state index contributed by atoms with van der Waals surface area (Å²) in [5.41, 5.74) is -0.977. The first-order valence-corrected chi connectivity index (χ1v) is 13.9. The van der Waals surface area contributed by atoms with Crippen LogP contribution >= 0.6 is 0 Å². The highest BCUT2D eigenvalue weighted by molar-refractivity contribution is 5.88. The first-order chi connectivity index (χ1) is 20.3. The summed E-state index contributed by atoms with van der Waals surface area (Å²) in [7, 11) is 1.71. The normalized spacial score (nSPS) is 17.4. The molecular formula is C30H39FN2O10. The van der Waals surface area contributed by atoms with Gasteiger partial charge in [-0.25, -0.2) is 9.18 Å². The lowest BCUT2D eigenvalue weighted by Gasteiger charge is -2.38. The molecular weight excluding hydrogens is 567 g/mol. The Kier molecular flexibility index (Phi) is 12.0. The summed E-state index contributed by atoms with van der Waals surface area (Å²) in [6.07, 6.45) is -1.22. The average Bonchev–Trinajstić information content (AvgIpc) is 2.95. The van der Waals surface area contributed by atoms with Gasteiger partial charge in [0.2, 0.25) is 0 Å². The lowest BCUT2D eigenvalue weighted by atomic mass is 9.84. The zero-order valence-corrected chi connectivity index (χ0v) is 24.1. The highest BCUT2D eigenvalue weighted by atomic mass is 19.1. The summed E-state index contributed by atoms with van der Waals surface area (Å²) >= 11 is 0. The third-order valence-electron chi connectivity index (χ3n) is 7.59. The number of aliphatic hydroxyl groups is 2. The van der Waals surface area contributed by atoms with Gasteiger partial charge in [0.05, 0.1) is 38.8 Å². The number of carboxylic acids is 3. The standard InChI is InChI=1S/C24H31FN2O3.C6H8O7/c1-29-23-7-6-19(16-20(23)18-27-12-14-30-15-13-27)17-26-10-8-24(28,9-11-26)21-4-2-3-5-22(21)25;7-3(8)1-6(13,5(11)12)2-4(9)10/h2-7,16,28H,8-15,17-18H2,1H3;13H,1-2H2,(H,7,8)(H,9,10)(H,11,12). The number of halogens is 1. The largest absolute Gasteiger partial charge is 0.496 e. The molecule has 13 heteroatoms. The topological polar surface area (TPSA) is 177 Å². The van der Waals surface area contributed by atoms with Gasteiger partial charge in [0.1, 0.15) is 11.6 Å². The molecule has 0 atom stereocenters. The van der Waals surface area contributed by atoms with Crippen molar-refractivity contribution >= 4 is 17.9 Å². The molecule has 2 aromatic rings. The van der Waals surface area contributed by atoms with Crippen LogP contribution in [0.25, 0.3) is 0 Å². The van der Waals surface area contributed by atoms with E-state index >= 15 is 0 Å². The molecule has 0 saturated carbocycles.